The number of benzene rings is 1. The Morgan fingerprint density at radius 2 is 2.00 bits per heavy atom. The van der Waals surface area contributed by atoms with Crippen LogP contribution < -0.4 is 0 Å². The van der Waals surface area contributed by atoms with Crippen molar-refractivity contribution >= 4 is 5.78 Å². The fraction of sp³-hybridized carbons (Fsp3) is 0.682. The van der Waals surface area contributed by atoms with E-state index in [1.807, 2.05) is 51.1 Å². The van der Waals surface area contributed by atoms with Gasteiger partial charge in [-0.05, 0) is 31.2 Å². The van der Waals surface area contributed by atoms with Crippen molar-refractivity contribution in [2.24, 2.45) is 29.6 Å². The number of ether oxygens (including phenoxy) is 3. The first-order valence-corrected chi connectivity index (χ1v) is 10.1. The van der Waals surface area contributed by atoms with Crippen LogP contribution in [-0.2, 0) is 25.6 Å². The Balaban J connectivity index is 1.48. The van der Waals surface area contributed by atoms with Gasteiger partial charge in [0, 0.05) is 30.8 Å². The van der Waals surface area contributed by atoms with Crippen molar-refractivity contribution in [1.82, 2.24) is 0 Å². The third-order valence-corrected chi connectivity index (χ3v) is 7.60. The van der Waals surface area contributed by atoms with Gasteiger partial charge in [0.15, 0.2) is 11.6 Å². The van der Waals surface area contributed by atoms with Gasteiger partial charge >= 0.3 is 0 Å². The Labute approximate surface area is 160 Å². The van der Waals surface area contributed by atoms with Crippen LogP contribution in [0.2, 0.25) is 0 Å². The minimum absolute atomic E-state index is 0.0187. The summed E-state index contributed by atoms with van der Waals surface area (Å²) in [4.78, 5) is 13.1. The molecule has 4 aliphatic rings. The number of aliphatic hydroxyl groups is 1. The van der Waals surface area contributed by atoms with Gasteiger partial charge in [0.25, 0.3) is 0 Å². The monoisotopic (exact) mass is 372 g/mol. The summed E-state index contributed by atoms with van der Waals surface area (Å²) >= 11 is 0. The summed E-state index contributed by atoms with van der Waals surface area (Å²) < 4.78 is 18.7. The topological polar surface area (TPSA) is 65.0 Å². The van der Waals surface area contributed by atoms with Gasteiger partial charge in [0.05, 0.1) is 18.3 Å². The molecule has 1 saturated heterocycles. The van der Waals surface area contributed by atoms with Crippen LogP contribution in [0.25, 0.3) is 0 Å². The fourth-order valence-electron chi connectivity index (χ4n) is 6.71. The van der Waals surface area contributed by atoms with E-state index >= 15 is 0 Å². The molecule has 1 N–H and O–H groups in total. The number of hydrogen-bond acceptors (Lipinski definition) is 5. The van der Waals surface area contributed by atoms with Gasteiger partial charge < -0.3 is 19.3 Å². The second-order valence-corrected chi connectivity index (χ2v) is 8.90. The Bertz CT molecular complexity index is 746. The zero-order chi connectivity index (χ0) is 19.0. The van der Waals surface area contributed by atoms with Crippen LogP contribution in [0.4, 0.5) is 0 Å². The van der Waals surface area contributed by atoms with Crippen molar-refractivity contribution in [3.05, 3.63) is 35.9 Å². The minimum Gasteiger partial charge on any atom is -0.389 e. The highest BCUT2D eigenvalue weighted by Crippen LogP contribution is 2.71. The molecule has 1 heterocycles. The lowest BCUT2D eigenvalue weighted by Gasteiger charge is -2.42. The maximum absolute atomic E-state index is 13.1. The molecule has 0 spiro atoms. The van der Waals surface area contributed by atoms with E-state index in [0.717, 1.165) is 5.56 Å². The minimum atomic E-state index is -0.891. The van der Waals surface area contributed by atoms with Crippen LogP contribution in [0.3, 0.4) is 0 Å². The van der Waals surface area contributed by atoms with E-state index in [0.29, 0.717) is 19.6 Å². The highest BCUT2D eigenvalue weighted by atomic mass is 16.7. The zero-order valence-electron chi connectivity index (χ0n) is 16.1. The van der Waals surface area contributed by atoms with E-state index < -0.39 is 17.5 Å². The predicted octanol–water partition coefficient (Wildman–Crippen LogP) is 2.56. The number of carbonyl (C=O) groups is 1. The molecular formula is C22H28O5. The maximum Gasteiger partial charge on any atom is 0.175 e. The van der Waals surface area contributed by atoms with Crippen LogP contribution in [0.15, 0.2) is 30.3 Å². The summed E-state index contributed by atoms with van der Waals surface area (Å²) in [7, 11) is 0. The summed E-state index contributed by atoms with van der Waals surface area (Å²) in [6, 6.07) is 10.0. The van der Waals surface area contributed by atoms with Crippen molar-refractivity contribution in [2.45, 2.75) is 57.4 Å². The van der Waals surface area contributed by atoms with Gasteiger partial charge in [-0.15, -0.1) is 0 Å². The molecule has 27 heavy (non-hydrogen) atoms. The quantitative estimate of drug-likeness (QED) is 0.861. The van der Waals surface area contributed by atoms with Gasteiger partial charge in [0.1, 0.15) is 6.10 Å². The molecule has 2 bridgehead atoms. The zero-order valence-corrected chi connectivity index (χ0v) is 16.1. The lowest BCUT2D eigenvalue weighted by molar-refractivity contribution is -0.240. The van der Waals surface area contributed by atoms with Crippen LogP contribution in [0.1, 0.15) is 32.8 Å². The second kappa shape index (κ2) is 5.86. The van der Waals surface area contributed by atoms with Crippen molar-refractivity contribution in [2.75, 3.05) is 6.61 Å². The average molecular weight is 372 g/mol. The Hall–Kier alpha value is -1.27. The number of fused-ring (bicyclic) bond motifs is 2. The summed E-state index contributed by atoms with van der Waals surface area (Å²) in [5, 5.41) is 11.4. The Morgan fingerprint density at radius 1 is 1.26 bits per heavy atom. The molecule has 146 valence electrons. The van der Waals surface area contributed by atoms with Gasteiger partial charge in [-0.2, -0.15) is 0 Å². The number of Topliss-reactive ketones (excluding diaryl/α,β-unsaturated/α-hetero) is 1. The number of hydrogen-bond donors (Lipinski definition) is 1. The highest BCUT2D eigenvalue weighted by molar-refractivity contribution is 5.88. The molecule has 0 radical (unpaired) electrons. The largest absolute Gasteiger partial charge is 0.389 e. The number of rotatable bonds is 5. The lowest BCUT2D eigenvalue weighted by atomic mass is 9.65. The Kier molecular flexibility index (Phi) is 3.87. The molecule has 4 fully saturated rings. The van der Waals surface area contributed by atoms with Crippen molar-refractivity contribution in [1.29, 1.82) is 0 Å². The van der Waals surface area contributed by atoms with Crippen molar-refractivity contribution in [3.63, 3.8) is 0 Å². The first-order chi connectivity index (χ1) is 12.9. The molecule has 3 saturated carbocycles. The average Bonchev–Trinajstić information content (AvgIpc) is 3.14. The molecule has 5 heteroatoms. The molecule has 0 unspecified atom stereocenters. The SMILES string of the molecule is CCO[C@]12C[C@@H]3[C@@H]4[C@H](OCc5ccccc5)[C@@H](C)C(=O)[C@H](O1)[C@@H]4[C@H]2[C@@]3(C)O. The third-order valence-electron chi connectivity index (χ3n) is 7.60. The first kappa shape index (κ1) is 17.8. The molecule has 1 aromatic rings. The van der Waals surface area contributed by atoms with E-state index in [4.69, 9.17) is 14.2 Å². The highest BCUT2D eigenvalue weighted by Gasteiger charge is 2.81. The molecule has 1 aliphatic heterocycles. The van der Waals surface area contributed by atoms with Gasteiger partial charge in [0.2, 0.25) is 0 Å². The van der Waals surface area contributed by atoms with Gasteiger partial charge in [-0.25, -0.2) is 0 Å². The van der Waals surface area contributed by atoms with E-state index in [1.54, 1.807) is 0 Å². The molecule has 0 amide bonds. The third kappa shape index (κ3) is 2.23. The Morgan fingerprint density at radius 3 is 2.70 bits per heavy atom. The van der Waals surface area contributed by atoms with E-state index in [-0.39, 0.29) is 41.5 Å². The normalized spacial score (nSPS) is 49.8. The molecule has 0 aromatic heterocycles. The lowest BCUT2D eigenvalue weighted by Crippen LogP contribution is -2.52. The standard InChI is InChI=1S/C22H28O5/c1-4-26-22-10-14-15-16(20(22)21(14,3)24)19(27-22)17(23)12(2)18(15)25-11-13-8-6-5-7-9-13/h5-9,12,14-16,18-20,24H,4,10-11H2,1-3H3/t12-,14+,15-,16+,18+,19+,20-,21-,22+/m0/s1. The van der Waals surface area contributed by atoms with Crippen molar-refractivity contribution < 1.29 is 24.1 Å². The van der Waals surface area contributed by atoms with Crippen LogP contribution in [0, 0.1) is 29.6 Å². The molecule has 3 aliphatic carbocycles. The van der Waals surface area contributed by atoms with E-state index in [2.05, 4.69) is 0 Å². The summed E-state index contributed by atoms with van der Waals surface area (Å²) in [6.45, 7) is 6.78. The molecule has 9 atom stereocenters. The fourth-order valence-corrected chi connectivity index (χ4v) is 6.71. The predicted molar refractivity (Wildman–Crippen MR) is 97.6 cm³/mol. The number of ketones is 1. The summed E-state index contributed by atoms with van der Waals surface area (Å²) in [6.07, 6.45) is -0.0275. The van der Waals surface area contributed by atoms with Crippen LogP contribution >= 0.6 is 0 Å². The van der Waals surface area contributed by atoms with Gasteiger partial charge in [-0.1, -0.05) is 37.3 Å². The van der Waals surface area contributed by atoms with E-state index in [9.17, 15) is 9.90 Å². The first-order valence-electron chi connectivity index (χ1n) is 10.1. The maximum atomic E-state index is 13.1. The smallest absolute Gasteiger partial charge is 0.175 e. The molecule has 5 nitrogen and oxygen atoms in total. The second-order valence-electron chi connectivity index (χ2n) is 8.90. The molecule has 5 rings (SSSR count). The summed E-state index contributed by atoms with van der Waals surface area (Å²) in [5.74, 6) is -0.980. The van der Waals surface area contributed by atoms with Crippen molar-refractivity contribution in [3.8, 4) is 0 Å². The molecular weight excluding hydrogens is 344 g/mol. The molecule has 1 aromatic carbocycles. The summed E-state index contributed by atoms with van der Waals surface area (Å²) in [5.41, 5.74) is 0.207. The van der Waals surface area contributed by atoms with Crippen LogP contribution in [-0.4, -0.2) is 41.1 Å². The van der Waals surface area contributed by atoms with Crippen LogP contribution in [0.5, 0.6) is 0 Å². The van der Waals surface area contributed by atoms with E-state index in [1.165, 1.54) is 0 Å². The van der Waals surface area contributed by atoms with Gasteiger partial charge in [-0.3, -0.25) is 4.79 Å². The number of carbonyl (C=O) groups excluding carboxylic acids is 1.